The Hall–Kier alpha value is -1.69. The number of likely N-dealkylation sites (tertiary alicyclic amines) is 1. The molecule has 24 heavy (non-hydrogen) atoms. The van der Waals surface area contributed by atoms with Gasteiger partial charge in [-0.2, -0.15) is 0 Å². The van der Waals surface area contributed by atoms with E-state index in [2.05, 4.69) is 15.9 Å². The second kappa shape index (κ2) is 7.47. The van der Waals surface area contributed by atoms with Crippen molar-refractivity contribution in [1.29, 1.82) is 0 Å². The fourth-order valence-electron chi connectivity index (χ4n) is 3.43. The van der Waals surface area contributed by atoms with Crippen LogP contribution in [0.15, 0.2) is 28.7 Å². The molecule has 1 aromatic rings. The van der Waals surface area contributed by atoms with Crippen LogP contribution >= 0.6 is 15.9 Å². The Balaban J connectivity index is 1.51. The number of rotatable bonds is 5. The second-order valence-corrected chi connectivity index (χ2v) is 7.34. The van der Waals surface area contributed by atoms with E-state index in [1.54, 1.807) is 24.3 Å². The Labute approximate surface area is 149 Å². The van der Waals surface area contributed by atoms with Crippen molar-refractivity contribution >= 4 is 33.6 Å². The van der Waals surface area contributed by atoms with Crippen LogP contribution in [0.5, 0.6) is 0 Å². The van der Waals surface area contributed by atoms with Gasteiger partial charge in [0.25, 0.3) is 0 Å². The van der Waals surface area contributed by atoms with Crippen molar-refractivity contribution in [3.05, 3.63) is 34.3 Å². The van der Waals surface area contributed by atoms with E-state index in [0.717, 1.165) is 30.2 Å². The topological polar surface area (TPSA) is 63.7 Å². The molecular weight excluding hydrogens is 374 g/mol. The van der Waals surface area contributed by atoms with Crippen LogP contribution in [0.3, 0.4) is 0 Å². The van der Waals surface area contributed by atoms with E-state index in [4.69, 9.17) is 4.74 Å². The molecule has 1 saturated heterocycles. The average Bonchev–Trinajstić information content (AvgIpc) is 3.22. The first-order chi connectivity index (χ1) is 11.5. The quantitative estimate of drug-likeness (QED) is 0.569. The Kier molecular flexibility index (Phi) is 5.33. The number of ketones is 1. The van der Waals surface area contributed by atoms with E-state index < -0.39 is 11.9 Å². The van der Waals surface area contributed by atoms with Crippen LogP contribution in [-0.2, 0) is 14.3 Å². The standard InChI is InChI=1S/C18H20BrNO4/c19-14-7-5-12(6-8-14)16(21)11-24-18(23)13-9-17(22)20(10-13)15-3-1-2-4-15/h5-8,13,15H,1-4,9-11H2/t13-/m0/s1. The molecule has 128 valence electrons. The molecule has 0 spiro atoms. The van der Waals surface area contributed by atoms with Gasteiger partial charge in [0.1, 0.15) is 0 Å². The second-order valence-electron chi connectivity index (χ2n) is 6.42. The van der Waals surface area contributed by atoms with Crippen molar-refractivity contribution in [3.8, 4) is 0 Å². The minimum absolute atomic E-state index is 0.0306. The Morgan fingerprint density at radius 3 is 2.50 bits per heavy atom. The summed E-state index contributed by atoms with van der Waals surface area (Å²) < 4.78 is 6.03. The molecule has 0 N–H and O–H groups in total. The number of benzene rings is 1. The lowest BCUT2D eigenvalue weighted by Gasteiger charge is -2.23. The first-order valence-corrected chi connectivity index (χ1v) is 9.09. The molecule has 0 bridgehead atoms. The Morgan fingerprint density at radius 1 is 1.17 bits per heavy atom. The summed E-state index contributed by atoms with van der Waals surface area (Å²) in [5.74, 6) is -1.11. The molecule has 1 saturated carbocycles. The average molecular weight is 394 g/mol. The number of carbonyl (C=O) groups is 3. The van der Waals surface area contributed by atoms with Crippen molar-refractivity contribution in [2.75, 3.05) is 13.2 Å². The van der Waals surface area contributed by atoms with Gasteiger partial charge in [0, 0.05) is 29.0 Å². The van der Waals surface area contributed by atoms with Crippen LogP contribution in [0.2, 0.25) is 0 Å². The number of carbonyl (C=O) groups excluding carboxylic acids is 3. The normalized spacial score (nSPS) is 21.3. The van der Waals surface area contributed by atoms with Gasteiger partial charge in [-0.3, -0.25) is 14.4 Å². The van der Waals surface area contributed by atoms with E-state index >= 15 is 0 Å². The third-order valence-electron chi connectivity index (χ3n) is 4.77. The molecule has 5 nitrogen and oxygen atoms in total. The van der Waals surface area contributed by atoms with Gasteiger partial charge in [-0.25, -0.2) is 0 Å². The Morgan fingerprint density at radius 2 is 1.83 bits per heavy atom. The van der Waals surface area contributed by atoms with E-state index in [9.17, 15) is 14.4 Å². The maximum absolute atomic E-state index is 12.2. The summed E-state index contributed by atoms with van der Waals surface area (Å²) in [5.41, 5.74) is 0.501. The number of halogens is 1. The third-order valence-corrected chi connectivity index (χ3v) is 5.30. The van der Waals surface area contributed by atoms with Gasteiger partial charge in [0.05, 0.1) is 5.92 Å². The van der Waals surface area contributed by atoms with Crippen molar-refractivity contribution in [2.45, 2.75) is 38.1 Å². The molecule has 6 heteroatoms. The molecule has 3 rings (SSSR count). The molecule has 1 heterocycles. The van der Waals surface area contributed by atoms with E-state index in [-0.39, 0.29) is 30.8 Å². The van der Waals surface area contributed by atoms with Gasteiger partial charge >= 0.3 is 5.97 Å². The van der Waals surface area contributed by atoms with Gasteiger partial charge in [-0.1, -0.05) is 40.9 Å². The highest BCUT2D eigenvalue weighted by atomic mass is 79.9. The van der Waals surface area contributed by atoms with Crippen molar-refractivity contribution in [2.24, 2.45) is 5.92 Å². The minimum Gasteiger partial charge on any atom is -0.457 e. The molecule has 1 aromatic carbocycles. The van der Waals surface area contributed by atoms with Gasteiger partial charge < -0.3 is 9.64 Å². The summed E-state index contributed by atoms with van der Waals surface area (Å²) in [6.45, 7) is 0.142. The summed E-state index contributed by atoms with van der Waals surface area (Å²) in [7, 11) is 0. The summed E-state index contributed by atoms with van der Waals surface area (Å²) in [6.07, 6.45) is 4.53. The highest BCUT2D eigenvalue weighted by Crippen LogP contribution is 2.29. The zero-order valence-corrected chi connectivity index (χ0v) is 15.0. The smallest absolute Gasteiger partial charge is 0.311 e. The molecule has 0 aromatic heterocycles. The van der Waals surface area contributed by atoms with Gasteiger partial charge in [-0.15, -0.1) is 0 Å². The fourth-order valence-corrected chi connectivity index (χ4v) is 3.70. The lowest BCUT2D eigenvalue weighted by atomic mass is 10.1. The molecular formula is C18H20BrNO4. The Bertz CT molecular complexity index is 637. The lowest BCUT2D eigenvalue weighted by molar-refractivity contribution is -0.147. The van der Waals surface area contributed by atoms with E-state index in [0.29, 0.717) is 12.1 Å². The highest BCUT2D eigenvalue weighted by Gasteiger charge is 2.39. The number of Topliss-reactive ketones (excluding diaryl/α,β-unsaturated/α-hetero) is 1. The molecule has 1 atom stereocenters. The summed E-state index contributed by atoms with van der Waals surface area (Å²) in [5, 5.41) is 0. The summed E-state index contributed by atoms with van der Waals surface area (Å²) in [6, 6.07) is 7.18. The molecule has 1 amide bonds. The third kappa shape index (κ3) is 3.86. The molecule has 1 aliphatic heterocycles. The van der Waals surface area contributed by atoms with Crippen LogP contribution < -0.4 is 0 Å². The van der Waals surface area contributed by atoms with Crippen LogP contribution in [0, 0.1) is 5.92 Å². The highest BCUT2D eigenvalue weighted by molar-refractivity contribution is 9.10. The fraction of sp³-hybridized carbons (Fsp3) is 0.500. The molecule has 0 unspecified atom stereocenters. The monoisotopic (exact) mass is 393 g/mol. The van der Waals surface area contributed by atoms with Gasteiger partial charge in [-0.05, 0) is 25.0 Å². The van der Waals surface area contributed by atoms with Crippen molar-refractivity contribution < 1.29 is 19.1 Å². The number of hydrogen-bond donors (Lipinski definition) is 0. The lowest BCUT2D eigenvalue weighted by Crippen LogP contribution is -2.35. The predicted molar refractivity (Wildman–Crippen MR) is 91.5 cm³/mol. The number of ether oxygens (including phenoxy) is 1. The first kappa shape index (κ1) is 17.1. The zero-order valence-electron chi connectivity index (χ0n) is 13.4. The van der Waals surface area contributed by atoms with Crippen LogP contribution in [-0.4, -0.2) is 41.8 Å². The maximum Gasteiger partial charge on any atom is 0.311 e. The molecule has 0 radical (unpaired) electrons. The van der Waals surface area contributed by atoms with E-state index in [1.807, 2.05) is 4.90 Å². The van der Waals surface area contributed by atoms with Gasteiger partial charge in [0.15, 0.2) is 12.4 Å². The minimum atomic E-state index is -0.450. The zero-order chi connectivity index (χ0) is 17.1. The number of hydrogen-bond acceptors (Lipinski definition) is 4. The molecule has 2 fully saturated rings. The van der Waals surface area contributed by atoms with Gasteiger partial charge in [0.2, 0.25) is 5.91 Å². The van der Waals surface area contributed by atoms with Crippen LogP contribution in [0.1, 0.15) is 42.5 Å². The van der Waals surface area contributed by atoms with Crippen molar-refractivity contribution in [1.82, 2.24) is 4.90 Å². The number of nitrogens with zero attached hydrogens (tertiary/aromatic N) is 1. The van der Waals surface area contributed by atoms with E-state index in [1.165, 1.54) is 0 Å². The molecule has 1 aliphatic carbocycles. The maximum atomic E-state index is 12.2. The molecule has 2 aliphatic rings. The van der Waals surface area contributed by atoms with Crippen LogP contribution in [0.25, 0.3) is 0 Å². The number of esters is 1. The summed E-state index contributed by atoms with van der Waals surface area (Å²) >= 11 is 3.31. The summed E-state index contributed by atoms with van der Waals surface area (Å²) in [4.78, 5) is 38.2. The first-order valence-electron chi connectivity index (χ1n) is 8.29. The van der Waals surface area contributed by atoms with Crippen LogP contribution in [0.4, 0.5) is 0 Å². The SMILES string of the molecule is O=C(COC(=O)[C@H]1CC(=O)N(C2CCCC2)C1)c1ccc(Br)cc1. The largest absolute Gasteiger partial charge is 0.457 e. The van der Waals surface area contributed by atoms with Crippen molar-refractivity contribution in [3.63, 3.8) is 0 Å². The number of amides is 1. The predicted octanol–water partition coefficient (Wildman–Crippen LogP) is 2.97.